The summed E-state index contributed by atoms with van der Waals surface area (Å²) in [5, 5.41) is 8.65. The first-order chi connectivity index (χ1) is 6.65. The third kappa shape index (κ3) is 5.24. The molecule has 0 bridgehead atoms. The van der Waals surface area contributed by atoms with Gasteiger partial charge >= 0.3 is 0 Å². The van der Waals surface area contributed by atoms with Gasteiger partial charge in [0.05, 0.1) is 6.07 Å². The number of piperidine rings is 1. The monoisotopic (exact) mass is 196 g/mol. The van der Waals surface area contributed by atoms with Gasteiger partial charge in [0, 0.05) is 12.0 Å². The largest absolute Gasteiger partial charge is 0.301 e. The molecule has 2 nitrogen and oxygen atoms in total. The minimum atomic E-state index is 0.324. The van der Waals surface area contributed by atoms with Gasteiger partial charge in [-0.2, -0.15) is 5.26 Å². The summed E-state index contributed by atoms with van der Waals surface area (Å²) < 4.78 is 0. The van der Waals surface area contributed by atoms with Gasteiger partial charge in [-0.3, -0.25) is 0 Å². The van der Waals surface area contributed by atoms with Crippen molar-refractivity contribution < 1.29 is 0 Å². The van der Waals surface area contributed by atoms with Crippen LogP contribution in [0.1, 0.15) is 47.0 Å². The fourth-order valence-corrected chi connectivity index (χ4v) is 1.54. The number of likely N-dealkylation sites (tertiary alicyclic amines) is 1. The van der Waals surface area contributed by atoms with Gasteiger partial charge in [0.1, 0.15) is 0 Å². The Kier molecular flexibility index (Phi) is 7.51. The molecule has 0 atom stereocenters. The second-order valence-corrected chi connectivity index (χ2v) is 4.24. The van der Waals surface area contributed by atoms with Crippen LogP contribution in [-0.2, 0) is 0 Å². The number of nitriles is 1. The normalized spacial score (nSPS) is 18.6. The molecule has 0 radical (unpaired) electrons. The molecule has 1 fully saturated rings. The molecule has 1 aliphatic heterocycles. The van der Waals surface area contributed by atoms with Crippen molar-refractivity contribution in [3.05, 3.63) is 0 Å². The van der Waals surface area contributed by atoms with Crippen molar-refractivity contribution in [2.45, 2.75) is 53.0 Å². The van der Waals surface area contributed by atoms with E-state index in [9.17, 15) is 0 Å². The van der Waals surface area contributed by atoms with Crippen LogP contribution in [0.25, 0.3) is 0 Å². The Morgan fingerprint density at radius 1 is 1.29 bits per heavy atom. The zero-order valence-corrected chi connectivity index (χ0v) is 10.1. The minimum absolute atomic E-state index is 0.324. The van der Waals surface area contributed by atoms with E-state index < -0.39 is 0 Å². The molecule has 0 N–H and O–H groups in total. The Morgan fingerprint density at radius 3 is 2.00 bits per heavy atom. The lowest BCUT2D eigenvalue weighted by molar-refractivity contribution is 0.166. The molecule has 1 saturated heterocycles. The van der Waals surface area contributed by atoms with Crippen LogP contribution in [0.5, 0.6) is 0 Å². The predicted octanol–water partition coefficient (Wildman–Crippen LogP) is 3.05. The molecule has 0 spiro atoms. The first-order valence-corrected chi connectivity index (χ1v) is 5.79. The summed E-state index contributed by atoms with van der Waals surface area (Å²) in [6.45, 7) is 10.9. The number of rotatable bonds is 1. The Labute approximate surface area is 88.9 Å². The molecule has 0 aromatic rings. The molecule has 82 valence electrons. The second-order valence-electron chi connectivity index (χ2n) is 4.24. The average Bonchev–Trinajstić information content (AvgIpc) is 2.19. The summed E-state index contributed by atoms with van der Waals surface area (Å²) in [5.74, 6) is 0.324. The Balaban J connectivity index is 0.000000500. The molecule has 0 aliphatic carbocycles. The lowest BCUT2D eigenvalue weighted by atomic mass is 9.98. The highest BCUT2D eigenvalue weighted by molar-refractivity contribution is 4.87. The SMILES string of the molecule is CC(C)N1CCC(C#N)CC1.CCC. The van der Waals surface area contributed by atoms with E-state index >= 15 is 0 Å². The van der Waals surface area contributed by atoms with E-state index in [1.165, 1.54) is 6.42 Å². The molecule has 2 heteroatoms. The van der Waals surface area contributed by atoms with Crippen LogP contribution in [0.2, 0.25) is 0 Å². The van der Waals surface area contributed by atoms with Crippen LogP contribution < -0.4 is 0 Å². The van der Waals surface area contributed by atoms with Crippen molar-refractivity contribution in [2.75, 3.05) is 13.1 Å². The van der Waals surface area contributed by atoms with Gasteiger partial charge in [0.2, 0.25) is 0 Å². The Hall–Kier alpha value is -0.550. The van der Waals surface area contributed by atoms with E-state index in [0.717, 1.165) is 25.9 Å². The maximum atomic E-state index is 8.65. The highest BCUT2D eigenvalue weighted by Gasteiger charge is 2.19. The van der Waals surface area contributed by atoms with Crippen molar-refractivity contribution in [3.63, 3.8) is 0 Å². The van der Waals surface area contributed by atoms with Crippen molar-refractivity contribution in [1.29, 1.82) is 5.26 Å². The standard InChI is InChI=1S/C9H16N2.C3H8/c1-8(2)11-5-3-9(7-10)4-6-11;1-3-2/h8-9H,3-6H2,1-2H3;3H2,1-2H3. The summed E-state index contributed by atoms with van der Waals surface area (Å²) in [5.41, 5.74) is 0. The Bertz CT molecular complexity index is 162. The van der Waals surface area contributed by atoms with Gasteiger partial charge in [-0.05, 0) is 39.8 Å². The van der Waals surface area contributed by atoms with Crippen molar-refractivity contribution in [2.24, 2.45) is 5.92 Å². The van der Waals surface area contributed by atoms with Crippen LogP contribution in [0.4, 0.5) is 0 Å². The van der Waals surface area contributed by atoms with Crippen molar-refractivity contribution >= 4 is 0 Å². The summed E-state index contributed by atoms with van der Waals surface area (Å²) in [7, 11) is 0. The molecule has 0 unspecified atom stereocenters. The molecular formula is C12H24N2. The van der Waals surface area contributed by atoms with Crippen LogP contribution in [0.15, 0.2) is 0 Å². The highest BCUT2D eigenvalue weighted by Crippen LogP contribution is 2.17. The maximum Gasteiger partial charge on any atom is 0.0656 e. The molecule has 0 saturated carbocycles. The topological polar surface area (TPSA) is 27.0 Å². The summed E-state index contributed by atoms with van der Waals surface area (Å²) in [6, 6.07) is 2.98. The lowest BCUT2D eigenvalue weighted by Crippen LogP contribution is -2.38. The lowest BCUT2D eigenvalue weighted by Gasteiger charge is -2.32. The Morgan fingerprint density at radius 2 is 1.71 bits per heavy atom. The maximum absolute atomic E-state index is 8.65. The van der Waals surface area contributed by atoms with E-state index in [4.69, 9.17) is 5.26 Å². The van der Waals surface area contributed by atoms with E-state index in [-0.39, 0.29) is 0 Å². The summed E-state index contributed by atoms with van der Waals surface area (Å²) >= 11 is 0. The van der Waals surface area contributed by atoms with E-state index in [0.29, 0.717) is 12.0 Å². The number of hydrogen-bond donors (Lipinski definition) is 0. The quantitative estimate of drug-likeness (QED) is 0.644. The summed E-state index contributed by atoms with van der Waals surface area (Å²) in [6.07, 6.45) is 3.38. The fourth-order valence-electron chi connectivity index (χ4n) is 1.54. The zero-order chi connectivity index (χ0) is 11.0. The van der Waals surface area contributed by atoms with Crippen LogP contribution in [-0.4, -0.2) is 24.0 Å². The van der Waals surface area contributed by atoms with Crippen LogP contribution >= 0.6 is 0 Å². The van der Waals surface area contributed by atoms with Crippen LogP contribution in [0.3, 0.4) is 0 Å². The fraction of sp³-hybridized carbons (Fsp3) is 0.917. The first-order valence-electron chi connectivity index (χ1n) is 5.79. The number of hydrogen-bond acceptors (Lipinski definition) is 2. The number of nitrogens with zero attached hydrogens (tertiary/aromatic N) is 2. The van der Waals surface area contributed by atoms with Gasteiger partial charge in [0.15, 0.2) is 0 Å². The molecular weight excluding hydrogens is 172 g/mol. The molecule has 1 heterocycles. The van der Waals surface area contributed by atoms with Crippen LogP contribution in [0, 0.1) is 17.2 Å². The van der Waals surface area contributed by atoms with Gasteiger partial charge in [-0.25, -0.2) is 0 Å². The first kappa shape index (κ1) is 13.4. The molecule has 0 aromatic carbocycles. The summed E-state index contributed by atoms with van der Waals surface area (Å²) in [4.78, 5) is 2.44. The third-order valence-corrected chi connectivity index (χ3v) is 2.44. The second kappa shape index (κ2) is 7.82. The molecule has 0 amide bonds. The minimum Gasteiger partial charge on any atom is -0.301 e. The van der Waals surface area contributed by atoms with Crippen molar-refractivity contribution in [1.82, 2.24) is 4.90 Å². The van der Waals surface area contributed by atoms with E-state index in [1.807, 2.05) is 0 Å². The van der Waals surface area contributed by atoms with Crippen molar-refractivity contribution in [3.8, 4) is 6.07 Å². The van der Waals surface area contributed by atoms with E-state index in [2.05, 4.69) is 38.7 Å². The van der Waals surface area contributed by atoms with Gasteiger partial charge in [-0.1, -0.05) is 20.3 Å². The smallest absolute Gasteiger partial charge is 0.0656 e. The molecule has 14 heavy (non-hydrogen) atoms. The van der Waals surface area contributed by atoms with Gasteiger partial charge < -0.3 is 4.90 Å². The highest BCUT2D eigenvalue weighted by atomic mass is 15.1. The average molecular weight is 196 g/mol. The zero-order valence-electron chi connectivity index (χ0n) is 10.1. The molecule has 0 aromatic heterocycles. The molecule has 1 aliphatic rings. The predicted molar refractivity (Wildman–Crippen MR) is 61.0 cm³/mol. The third-order valence-electron chi connectivity index (χ3n) is 2.44. The molecule has 1 rings (SSSR count). The van der Waals surface area contributed by atoms with Gasteiger partial charge in [-0.15, -0.1) is 0 Å². The van der Waals surface area contributed by atoms with E-state index in [1.54, 1.807) is 0 Å². The van der Waals surface area contributed by atoms with Gasteiger partial charge in [0.25, 0.3) is 0 Å².